The van der Waals surface area contributed by atoms with E-state index in [1.807, 2.05) is 13.0 Å². The summed E-state index contributed by atoms with van der Waals surface area (Å²) >= 11 is 6.06. The summed E-state index contributed by atoms with van der Waals surface area (Å²) in [5, 5.41) is 3.09. The molecule has 0 fully saturated rings. The highest BCUT2D eigenvalue weighted by molar-refractivity contribution is 6.34. The van der Waals surface area contributed by atoms with Gasteiger partial charge in [-0.25, -0.2) is 0 Å². The molecule has 1 heterocycles. The summed E-state index contributed by atoms with van der Waals surface area (Å²) in [4.78, 5) is 26.1. The maximum Gasteiger partial charge on any atom is 0.261 e. The number of hydrogen-bond acceptors (Lipinski definition) is 2. The van der Waals surface area contributed by atoms with Gasteiger partial charge in [0, 0.05) is 18.5 Å². The highest BCUT2D eigenvalue weighted by Crippen LogP contribution is 2.25. The van der Waals surface area contributed by atoms with E-state index >= 15 is 0 Å². The van der Waals surface area contributed by atoms with Gasteiger partial charge in [0.2, 0.25) is 0 Å². The highest BCUT2D eigenvalue weighted by Gasteiger charge is 2.11. The van der Waals surface area contributed by atoms with Crippen LogP contribution in [0, 0.1) is 6.92 Å². The molecule has 18 heavy (non-hydrogen) atoms. The van der Waals surface area contributed by atoms with E-state index in [2.05, 4.69) is 10.3 Å². The van der Waals surface area contributed by atoms with E-state index in [0.29, 0.717) is 10.7 Å². The number of carbonyl (C=O) groups excluding carboxylic acids is 1. The van der Waals surface area contributed by atoms with Crippen LogP contribution in [-0.4, -0.2) is 10.9 Å². The van der Waals surface area contributed by atoms with Crippen LogP contribution in [0.1, 0.15) is 15.9 Å². The summed E-state index contributed by atoms with van der Waals surface area (Å²) in [5.74, 6) is -0.482. The molecule has 0 saturated heterocycles. The first-order valence-corrected chi connectivity index (χ1v) is 5.71. The minimum atomic E-state index is -0.482. The molecule has 4 nitrogen and oxygen atoms in total. The second-order valence-electron chi connectivity index (χ2n) is 3.81. The number of H-pyrrole nitrogens is 1. The molecule has 2 aromatic rings. The third kappa shape index (κ3) is 2.43. The average Bonchev–Trinajstić information content (AvgIpc) is 2.35. The molecule has 0 aliphatic heterocycles. The normalized spacial score (nSPS) is 10.1. The number of aromatic amines is 1. The van der Waals surface area contributed by atoms with Crippen molar-refractivity contribution < 1.29 is 4.79 Å². The van der Waals surface area contributed by atoms with Gasteiger partial charge in [-0.3, -0.25) is 9.59 Å². The fourth-order valence-electron chi connectivity index (χ4n) is 1.53. The van der Waals surface area contributed by atoms with E-state index in [1.165, 1.54) is 18.5 Å². The van der Waals surface area contributed by atoms with Gasteiger partial charge < -0.3 is 10.3 Å². The minimum absolute atomic E-state index is 0.0510. The van der Waals surface area contributed by atoms with Crippen molar-refractivity contribution in [3.05, 3.63) is 63.0 Å². The topological polar surface area (TPSA) is 62.0 Å². The highest BCUT2D eigenvalue weighted by atomic mass is 35.5. The number of aromatic nitrogens is 1. The summed E-state index contributed by atoms with van der Waals surface area (Å²) in [7, 11) is 0. The summed E-state index contributed by atoms with van der Waals surface area (Å²) in [6, 6.07) is 6.61. The van der Waals surface area contributed by atoms with Crippen molar-refractivity contribution in [2.24, 2.45) is 0 Å². The third-order valence-corrected chi connectivity index (χ3v) is 3.01. The molecule has 92 valence electrons. The van der Waals surface area contributed by atoms with Gasteiger partial charge in [-0.1, -0.05) is 23.7 Å². The number of pyridine rings is 1. The first-order chi connectivity index (χ1) is 8.59. The standard InChI is InChI=1S/C13H11ClN2O2/c1-8-3-2-4-10(12(8)14)16-13(18)9-7-15-6-5-11(9)17/h2-7H,1H3,(H,15,17)(H,16,18). The lowest BCUT2D eigenvalue weighted by molar-refractivity contribution is 0.102. The molecule has 0 atom stereocenters. The van der Waals surface area contributed by atoms with Crippen LogP contribution in [0.3, 0.4) is 0 Å². The van der Waals surface area contributed by atoms with Gasteiger partial charge in [0.05, 0.1) is 10.7 Å². The van der Waals surface area contributed by atoms with E-state index in [0.717, 1.165) is 5.56 Å². The number of halogens is 1. The van der Waals surface area contributed by atoms with Gasteiger partial charge in [0.15, 0.2) is 5.43 Å². The Balaban J connectivity index is 2.30. The molecular weight excluding hydrogens is 252 g/mol. The zero-order valence-corrected chi connectivity index (χ0v) is 10.4. The fourth-order valence-corrected chi connectivity index (χ4v) is 1.70. The number of benzene rings is 1. The predicted molar refractivity (Wildman–Crippen MR) is 71.2 cm³/mol. The molecule has 0 bridgehead atoms. The van der Waals surface area contributed by atoms with E-state index in [-0.39, 0.29) is 11.0 Å². The van der Waals surface area contributed by atoms with Crippen molar-refractivity contribution in [2.45, 2.75) is 6.92 Å². The number of hydrogen-bond donors (Lipinski definition) is 2. The first-order valence-electron chi connectivity index (χ1n) is 5.33. The van der Waals surface area contributed by atoms with Crippen molar-refractivity contribution in [3.63, 3.8) is 0 Å². The zero-order chi connectivity index (χ0) is 13.1. The van der Waals surface area contributed by atoms with Crippen molar-refractivity contribution in [2.75, 3.05) is 5.32 Å². The number of anilines is 1. The Morgan fingerprint density at radius 3 is 2.83 bits per heavy atom. The Hall–Kier alpha value is -2.07. The van der Waals surface area contributed by atoms with Crippen LogP contribution in [-0.2, 0) is 0 Å². The van der Waals surface area contributed by atoms with Crippen molar-refractivity contribution in [1.82, 2.24) is 4.98 Å². The Kier molecular flexibility index (Phi) is 3.48. The molecular formula is C13H11ClN2O2. The third-order valence-electron chi connectivity index (χ3n) is 2.51. The Morgan fingerprint density at radius 1 is 1.33 bits per heavy atom. The van der Waals surface area contributed by atoms with Crippen LogP contribution in [0.2, 0.25) is 5.02 Å². The molecule has 1 aromatic heterocycles. The lowest BCUT2D eigenvalue weighted by Gasteiger charge is -2.08. The molecule has 0 aliphatic carbocycles. The molecule has 1 aromatic carbocycles. The lowest BCUT2D eigenvalue weighted by atomic mass is 10.2. The van der Waals surface area contributed by atoms with E-state index in [9.17, 15) is 9.59 Å². The van der Waals surface area contributed by atoms with Gasteiger partial charge >= 0.3 is 0 Å². The molecule has 0 saturated carbocycles. The maximum absolute atomic E-state index is 11.9. The summed E-state index contributed by atoms with van der Waals surface area (Å²) in [6.07, 6.45) is 2.83. The first kappa shape index (κ1) is 12.4. The fraction of sp³-hybridized carbons (Fsp3) is 0.0769. The predicted octanol–water partition coefficient (Wildman–Crippen LogP) is 2.59. The number of amides is 1. The summed E-state index contributed by atoms with van der Waals surface area (Å²) in [6.45, 7) is 1.84. The molecule has 2 rings (SSSR count). The van der Waals surface area contributed by atoms with Crippen LogP contribution >= 0.6 is 11.6 Å². The van der Waals surface area contributed by atoms with Crippen molar-refractivity contribution in [3.8, 4) is 0 Å². The van der Waals surface area contributed by atoms with E-state index in [4.69, 9.17) is 11.6 Å². The van der Waals surface area contributed by atoms with Gasteiger partial charge in [-0.05, 0) is 18.6 Å². The van der Waals surface area contributed by atoms with Crippen molar-refractivity contribution in [1.29, 1.82) is 0 Å². The van der Waals surface area contributed by atoms with E-state index in [1.54, 1.807) is 12.1 Å². The number of aryl methyl sites for hydroxylation is 1. The number of nitrogens with one attached hydrogen (secondary N) is 2. The minimum Gasteiger partial charge on any atom is -0.367 e. The van der Waals surface area contributed by atoms with Crippen LogP contribution in [0.15, 0.2) is 41.5 Å². The largest absolute Gasteiger partial charge is 0.367 e. The summed E-state index contributed by atoms with van der Waals surface area (Å²) < 4.78 is 0. The number of carbonyl (C=O) groups is 1. The molecule has 0 radical (unpaired) electrons. The summed E-state index contributed by atoms with van der Waals surface area (Å²) in [5.41, 5.74) is 1.06. The van der Waals surface area contributed by atoms with Gasteiger partial charge in [-0.2, -0.15) is 0 Å². The smallest absolute Gasteiger partial charge is 0.261 e. The van der Waals surface area contributed by atoms with E-state index < -0.39 is 5.91 Å². The maximum atomic E-state index is 11.9. The molecule has 2 N–H and O–H groups in total. The van der Waals surface area contributed by atoms with Crippen LogP contribution < -0.4 is 10.7 Å². The van der Waals surface area contributed by atoms with Crippen LogP contribution in [0.25, 0.3) is 0 Å². The SMILES string of the molecule is Cc1cccc(NC(=O)c2c[nH]ccc2=O)c1Cl. The second kappa shape index (κ2) is 5.06. The molecule has 0 spiro atoms. The van der Waals surface area contributed by atoms with Crippen LogP contribution in [0.4, 0.5) is 5.69 Å². The monoisotopic (exact) mass is 262 g/mol. The molecule has 5 heteroatoms. The second-order valence-corrected chi connectivity index (χ2v) is 4.19. The Labute approximate surface area is 109 Å². The molecule has 1 amide bonds. The number of rotatable bonds is 2. The zero-order valence-electron chi connectivity index (χ0n) is 9.66. The lowest BCUT2D eigenvalue weighted by Crippen LogP contribution is -2.21. The van der Waals surface area contributed by atoms with Crippen LogP contribution in [0.5, 0.6) is 0 Å². The van der Waals surface area contributed by atoms with Crippen molar-refractivity contribution >= 4 is 23.2 Å². The Bertz CT molecular complexity index is 649. The van der Waals surface area contributed by atoms with Gasteiger partial charge in [0.25, 0.3) is 5.91 Å². The average molecular weight is 263 g/mol. The molecule has 0 aliphatic rings. The van der Waals surface area contributed by atoms with Gasteiger partial charge in [-0.15, -0.1) is 0 Å². The molecule has 0 unspecified atom stereocenters. The quantitative estimate of drug-likeness (QED) is 0.874. The Morgan fingerprint density at radius 2 is 2.11 bits per heavy atom. The van der Waals surface area contributed by atoms with Gasteiger partial charge in [0.1, 0.15) is 5.56 Å².